The molecular formula is C15H25N5O3. The number of carbonyl (C=O) groups is 2. The molecule has 2 rings (SSSR count). The topological polar surface area (TPSA) is 82.8 Å². The van der Waals surface area contributed by atoms with Crippen LogP contribution in [0.25, 0.3) is 0 Å². The fourth-order valence-corrected chi connectivity index (χ4v) is 2.80. The Kier molecular flexibility index (Phi) is 5.70. The van der Waals surface area contributed by atoms with E-state index in [-0.39, 0.29) is 17.9 Å². The third-order valence-corrected chi connectivity index (χ3v) is 4.11. The van der Waals surface area contributed by atoms with Gasteiger partial charge >= 0.3 is 0 Å². The number of aromatic nitrogens is 2. The third-order valence-electron chi connectivity index (χ3n) is 4.11. The lowest BCUT2D eigenvalue weighted by atomic mass is 10.2. The number of amides is 2. The molecule has 1 fully saturated rings. The molecule has 2 amide bonds. The van der Waals surface area contributed by atoms with E-state index in [1.165, 1.54) is 0 Å². The molecule has 0 aromatic carbocycles. The first kappa shape index (κ1) is 17.4. The number of aryl methyl sites for hydroxylation is 1. The molecule has 2 heterocycles. The summed E-state index contributed by atoms with van der Waals surface area (Å²) in [6.07, 6.45) is 1.40. The first-order valence-corrected chi connectivity index (χ1v) is 7.85. The monoisotopic (exact) mass is 323 g/mol. The maximum absolute atomic E-state index is 12.0. The Labute approximate surface area is 136 Å². The van der Waals surface area contributed by atoms with Crippen molar-refractivity contribution >= 4 is 11.8 Å². The Morgan fingerprint density at radius 3 is 2.70 bits per heavy atom. The SMILES string of the molecule is CC(=O)N(Cc1noc(C)n1)[C@H]1CCN(CCC(=O)N(C)C)C1. The second-order valence-corrected chi connectivity index (χ2v) is 6.16. The van der Waals surface area contributed by atoms with Gasteiger partial charge in [-0.3, -0.25) is 9.59 Å². The van der Waals surface area contributed by atoms with E-state index >= 15 is 0 Å². The lowest BCUT2D eigenvalue weighted by Gasteiger charge is -2.27. The van der Waals surface area contributed by atoms with Crippen LogP contribution in [0.2, 0.25) is 0 Å². The normalized spacial score (nSPS) is 18.2. The van der Waals surface area contributed by atoms with Gasteiger partial charge in [0.05, 0.1) is 6.54 Å². The number of rotatable bonds is 6. The van der Waals surface area contributed by atoms with E-state index in [0.717, 1.165) is 26.1 Å². The Balaban J connectivity index is 1.89. The first-order valence-electron chi connectivity index (χ1n) is 7.85. The molecule has 0 radical (unpaired) electrons. The zero-order valence-electron chi connectivity index (χ0n) is 14.3. The van der Waals surface area contributed by atoms with Crippen LogP contribution < -0.4 is 0 Å². The number of likely N-dealkylation sites (tertiary alicyclic amines) is 1. The van der Waals surface area contributed by atoms with Crippen LogP contribution in [0.3, 0.4) is 0 Å². The second kappa shape index (κ2) is 7.54. The minimum Gasteiger partial charge on any atom is -0.349 e. The molecule has 128 valence electrons. The van der Waals surface area contributed by atoms with Crippen LogP contribution in [-0.2, 0) is 16.1 Å². The number of hydrogen-bond donors (Lipinski definition) is 0. The minimum atomic E-state index is 0.00340. The second-order valence-electron chi connectivity index (χ2n) is 6.16. The molecule has 1 aliphatic heterocycles. The quantitative estimate of drug-likeness (QED) is 0.748. The summed E-state index contributed by atoms with van der Waals surface area (Å²) in [4.78, 5) is 33.4. The van der Waals surface area contributed by atoms with Crippen LogP contribution in [0.5, 0.6) is 0 Å². The van der Waals surface area contributed by atoms with Gasteiger partial charge in [-0.15, -0.1) is 0 Å². The fourth-order valence-electron chi connectivity index (χ4n) is 2.80. The number of nitrogens with zero attached hydrogens (tertiary/aromatic N) is 5. The van der Waals surface area contributed by atoms with Crippen molar-refractivity contribution in [2.45, 2.75) is 39.3 Å². The van der Waals surface area contributed by atoms with Crippen LogP contribution in [-0.4, -0.2) is 76.4 Å². The Bertz CT molecular complexity index is 557. The summed E-state index contributed by atoms with van der Waals surface area (Å²) in [6, 6.07) is 0.126. The summed E-state index contributed by atoms with van der Waals surface area (Å²) >= 11 is 0. The lowest BCUT2D eigenvalue weighted by molar-refractivity contribution is -0.132. The molecule has 0 saturated carbocycles. The van der Waals surface area contributed by atoms with E-state index < -0.39 is 0 Å². The molecule has 0 bridgehead atoms. The summed E-state index contributed by atoms with van der Waals surface area (Å²) in [6.45, 7) is 6.04. The van der Waals surface area contributed by atoms with E-state index in [9.17, 15) is 9.59 Å². The molecule has 1 atom stereocenters. The molecule has 8 heteroatoms. The summed E-state index contributed by atoms with van der Waals surface area (Å²) in [5, 5.41) is 3.86. The largest absolute Gasteiger partial charge is 0.349 e. The molecule has 0 N–H and O–H groups in total. The molecule has 0 unspecified atom stereocenters. The van der Waals surface area contributed by atoms with Crippen LogP contribution >= 0.6 is 0 Å². The smallest absolute Gasteiger partial charge is 0.223 e. The van der Waals surface area contributed by atoms with Crippen molar-refractivity contribution in [1.82, 2.24) is 24.8 Å². The van der Waals surface area contributed by atoms with Crippen LogP contribution in [0.4, 0.5) is 0 Å². The molecule has 1 aliphatic rings. The van der Waals surface area contributed by atoms with E-state index in [0.29, 0.717) is 24.7 Å². The van der Waals surface area contributed by atoms with Crippen molar-refractivity contribution in [1.29, 1.82) is 0 Å². The maximum atomic E-state index is 12.0. The van der Waals surface area contributed by atoms with Crippen molar-refractivity contribution in [3.63, 3.8) is 0 Å². The summed E-state index contributed by atoms with van der Waals surface area (Å²) < 4.78 is 4.96. The zero-order valence-corrected chi connectivity index (χ0v) is 14.3. The minimum absolute atomic E-state index is 0.00340. The van der Waals surface area contributed by atoms with Gasteiger partial charge in [-0.2, -0.15) is 4.98 Å². The Hall–Kier alpha value is -1.96. The highest BCUT2D eigenvalue weighted by Crippen LogP contribution is 2.18. The van der Waals surface area contributed by atoms with E-state index in [4.69, 9.17) is 4.52 Å². The lowest BCUT2D eigenvalue weighted by Crippen LogP contribution is -2.40. The van der Waals surface area contributed by atoms with Gasteiger partial charge in [0.15, 0.2) is 5.82 Å². The predicted octanol–water partition coefficient (Wildman–Crippen LogP) is 0.279. The molecule has 0 spiro atoms. The molecule has 1 aromatic rings. The molecule has 23 heavy (non-hydrogen) atoms. The van der Waals surface area contributed by atoms with Crippen LogP contribution in [0.15, 0.2) is 4.52 Å². The maximum Gasteiger partial charge on any atom is 0.223 e. The molecular weight excluding hydrogens is 298 g/mol. The van der Waals surface area contributed by atoms with Gasteiger partial charge in [-0.25, -0.2) is 0 Å². The van der Waals surface area contributed by atoms with Crippen LogP contribution in [0, 0.1) is 6.92 Å². The third kappa shape index (κ3) is 4.75. The molecule has 0 aliphatic carbocycles. The van der Waals surface area contributed by atoms with E-state index in [1.807, 2.05) is 0 Å². The fraction of sp³-hybridized carbons (Fsp3) is 0.733. The van der Waals surface area contributed by atoms with Gasteiger partial charge in [0.1, 0.15) is 0 Å². The summed E-state index contributed by atoms with van der Waals surface area (Å²) in [7, 11) is 3.53. The van der Waals surface area contributed by atoms with Gasteiger partial charge in [0, 0.05) is 60.0 Å². The van der Waals surface area contributed by atoms with Gasteiger partial charge < -0.3 is 19.2 Å². The van der Waals surface area contributed by atoms with Gasteiger partial charge in [0.25, 0.3) is 0 Å². The molecule has 8 nitrogen and oxygen atoms in total. The highest BCUT2D eigenvalue weighted by molar-refractivity contribution is 5.75. The van der Waals surface area contributed by atoms with Gasteiger partial charge in [-0.1, -0.05) is 5.16 Å². The Morgan fingerprint density at radius 1 is 1.39 bits per heavy atom. The van der Waals surface area contributed by atoms with Gasteiger partial charge in [-0.05, 0) is 6.42 Å². The molecule has 1 aromatic heterocycles. The first-order chi connectivity index (χ1) is 10.9. The van der Waals surface area contributed by atoms with Crippen molar-refractivity contribution in [2.24, 2.45) is 0 Å². The number of hydrogen-bond acceptors (Lipinski definition) is 6. The van der Waals surface area contributed by atoms with Crippen molar-refractivity contribution in [2.75, 3.05) is 33.7 Å². The van der Waals surface area contributed by atoms with Crippen molar-refractivity contribution in [3.05, 3.63) is 11.7 Å². The average Bonchev–Trinajstić information content (AvgIpc) is 3.10. The van der Waals surface area contributed by atoms with Crippen molar-refractivity contribution in [3.8, 4) is 0 Å². The van der Waals surface area contributed by atoms with E-state index in [1.54, 1.807) is 37.7 Å². The predicted molar refractivity (Wildman–Crippen MR) is 83.4 cm³/mol. The van der Waals surface area contributed by atoms with E-state index in [2.05, 4.69) is 15.0 Å². The zero-order chi connectivity index (χ0) is 17.0. The van der Waals surface area contributed by atoms with Gasteiger partial charge in [0.2, 0.25) is 17.7 Å². The summed E-state index contributed by atoms with van der Waals surface area (Å²) in [5.74, 6) is 1.15. The number of carbonyl (C=O) groups excluding carboxylic acids is 2. The van der Waals surface area contributed by atoms with Crippen molar-refractivity contribution < 1.29 is 14.1 Å². The van der Waals surface area contributed by atoms with Crippen LogP contribution in [0.1, 0.15) is 31.5 Å². The highest BCUT2D eigenvalue weighted by Gasteiger charge is 2.30. The summed E-state index contributed by atoms with van der Waals surface area (Å²) in [5.41, 5.74) is 0. The molecule has 1 saturated heterocycles. The average molecular weight is 323 g/mol. The highest BCUT2D eigenvalue weighted by atomic mass is 16.5. The standard InChI is InChI=1S/C15H25N5O3/c1-11-16-14(17-23-11)10-20(12(2)21)13-5-7-19(9-13)8-6-15(22)18(3)4/h13H,5-10H2,1-4H3/t13-/m0/s1. The Morgan fingerprint density at radius 2 is 2.13 bits per heavy atom.